The summed E-state index contributed by atoms with van der Waals surface area (Å²) in [4.78, 5) is 3.96. The van der Waals surface area contributed by atoms with Crippen LogP contribution < -0.4 is 10.1 Å². The van der Waals surface area contributed by atoms with Gasteiger partial charge < -0.3 is 14.8 Å². The van der Waals surface area contributed by atoms with Crippen LogP contribution in [0.5, 0.6) is 5.88 Å². The molecule has 0 aromatic carbocycles. The SMILES string of the molecule is COC(C)(C)CCOc1nccc(CNC2CC2)c1F. The van der Waals surface area contributed by atoms with Crippen LogP contribution in [0.3, 0.4) is 0 Å². The van der Waals surface area contributed by atoms with Crippen molar-refractivity contribution >= 4 is 0 Å². The molecule has 112 valence electrons. The van der Waals surface area contributed by atoms with Crippen LogP contribution in [0.1, 0.15) is 38.7 Å². The molecule has 0 atom stereocenters. The van der Waals surface area contributed by atoms with Crippen molar-refractivity contribution in [2.45, 2.75) is 51.3 Å². The lowest BCUT2D eigenvalue weighted by Crippen LogP contribution is -2.25. The number of hydrogen-bond donors (Lipinski definition) is 1. The monoisotopic (exact) mass is 282 g/mol. The average molecular weight is 282 g/mol. The Morgan fingerprint density at radius 2 is 2.20 bits per heavy atom. The predicted molar refractivity (Wildman–Crippen MR) is 75.3 cm³/mol. The largest absolute Gasteiger partial charge is 0.475 e. The Morgan fingerprint density at radius 3 is 2.85 bits per heavy atom. The van der Waals surface area contributed by atoms with Gasteiger partial charge in [-0.05, 0) is 32.8 Å². The first kappa shape index (κ1) is 15.2. The van der Waals surface area contributed by atoms with Gasteiger partial charge in [0.05, 0.1) is 12.2 Å². The second-order valence-electron chi connectivity index (χ2n) is 5.81. The third-order valence-corrected chi connectivity index (χ3v) is 3.59. The number of nitrogens with one attached hydrogen (secondary N) is 1. The second kappa shape index (κ2) is 6.50. The molecule has 0 saturated heterocycles. The highest BCUT2D eigenvalue weighted by atomic mass is 19.1. The number of aromatic nitrogens is 1. The summed E-state index contributed by atoms with van der Waals surface area (Å²) in [5.74, 6) is -0.289. The van der Waals surface area contributed by atoms with Crippen LogP contribution >= 0.6 is 0 Å². The molecule has 0 aliphatic heterocycles. The van der Waals surface area contributed by atoms with Gasteiger partial charge in [0.25, 0.3) is 5.88 Å². The first-order valence-corrected chi connectivity index (χ1v) is 7.06. The van der Waals surface area contributed by atoms with Crippen molar-refractivity contribution in [3.63, 3.8) is 0 Å². The van der Waals surface area contributed by atoms with Crippen LogP contribution in [0.15, 0.2) is 12.3 Å². The lowest BCUT2D eigenvalue weighted by atomic mass is 10.1. The molecule has 0 radical (unpaired) electrons. The minimum Gasteiger partial charge on any atom is -0.475 e. The maximum Gasteiger partial charge on any atom is 0.250 e. The number of ether oxygens (including phenoxy) is 2. The Morgan fingerprint density at radius 1 is 1.45 bits per heavy atom. The van der Waals surface area contributed by atoms with E-state index in [1.54, 1.807) is 19.4 Å². The summed E-state index contributed by atoms with van der Waals surface area (Å²) in [7, 11) is 1.66. The van der Waals surface area contributed by atoms with Crippen LogP contribution in [0, 0.1) is 5.82 Å². The fraction of sp³-hybridized carbons (Fsp3) is 0.667. The fourth-order valence-corrected chi connectivity index (χ4v) is 1.74. The van der Waals surface area contributed by atoms with Crippen molar-refractivity contribution in [1.29, 1.82) is 0 Å². The lowest BCUT2D eigenvalue weighted by molar-refractivity contribution is 0.00471. The quantitative estimate of drug-likeness (QED) is 0.796. The van der Waals surface area contributed by atoms with Gasteiger partial charge in [-0.3, -0.25) is 0 Å². The first-order valence-electron chi connectivity index (χ1n) is 7.06. The minimum absolute atomic E-state index is 0.0759. The molecule has 0 amide bonds. The number of methoxy groups -OCH3 is 1. The van der Waals surface area contributed by atoms with Gasteiger partial charge in [0.1, 0.15) is 0 Å². The smallest absolute Gasteiger partial charge is 0.250 e. The van der Waals surface area contributed by atoms with Crippen molar-refractivity contribution in [3.05, 3.63) is 23.6 Å². The molecule has 0 spiro atoms. The molecule has 2 rings (SSSR count). The third-order valence-electron chi connectivity index (χ3n) is 3.59. The average Bonchev–Trinajstić information content (AvgIpc) is 3.23. The van der Waals surface area contributed by atoms with E-state index in [1.807, 2.05) is 13.8 Å². The van der Waals surface area contributed by atoms with Gasteiger partial charge in [-0.1, -0.05) is 0 Å². The molecule has 1 N–H and O–H groups in total. The van der Waals surface area contributed by atoms with Crippen molar-refractivity contribution in [2.75, 3.05) is 13.7 Å². The van der Waals surface area contributed by atoms with Gasteiger partial charge in [-0.25, -0.2) is 9.37 Å². The summed E-state index contributed by atoms with van der Waals surface area (Å²) in [6.07, 6.45) is 4.63. The van der Waals surface area contributed by atoms with Crippen LogP contribution in [0.25, 0.3) is 0 Å². The molecule has 0 bridgehead atoms. The van der Waals surface area contributed by atoms with Crippen molar-refractivity contribution < 1.29 is 13.9 Å². The standard InChI is InChI=1S/C15H23FN2O2/c1-15(2,19-3)7-9-20-14-13(16)11(6-8-17-14)10-18-12-4-5-12/h6,8,12,18H,4-5,7,9-10H2,1-3H3. The van der Waals surface area contributed by atoms with E-state index in [0.717, 1.165) is 0 Å². The Bertz CT molecular complexity index is 447. The number of hydrogen-bond acceptors (Lipinski definition) is 4. The normalized spacial score (nSPS) is 15.4. The third kappa shape index (κ3) is 4.42. The molecule has 1 saturated carbocycles. The lowest BCUT2D eigenvalue weighted by Gasteiger charge is -2.22. The molecule has 20 heavy (non-hydrogen) atoms. The fourth-order valence-electron chi connectivity index (χ4n) is 1.74. The topological polar surface area (TPSA) is 43.4 Å². The van der Waals surface area contributed by atoms with Crippen LogP contribution in [-0.4, -0.2) is 30.3 Å². The summed E-state index contributed by atoms with van der Waals surface area (Å²) in [6, 6.07) is 2.24. The van der Waals surface area contributed by atoms with E-state index in [9.17, 15) is 4.39 Å². The molecule has 1 aromatic rings. The second-order valence-corrected chi connectivity index (χ2v) is 5.81. The number of nitrogens with zero attached hydrogens (tertiary/aromatic N) is 1. The highest BCUT2D eigenvalue weighted by molar-refractivity contribution is 5.23. The minimum atomic E-state index is -0.365. The van der Waals surface area contributed by atoms with Gasteiger partial charge in [0, 0.05) is 37.9 Å². The maximum absolute atomic E-state index is 14.2. The summed E-state index contributed by atoms with van der Waals surface area (Å²) in [5.41, 5.74) is 0.328. The molecule has 4 nitrogen and oxygen atoms in total. The van der Waals surface area contributed by atoms with E-state index in [1.165, 1.54) is 12.8 Å². The maximum atomic E-state index is 14.2. The summed E-state index contributed by atoms with van der Waals surface area (Å²) >= 11 is 0. The zero-order valence-corrected chi connectivity index (χ0v) is 12.4. The van der Waals surface area contributed by atoms with Crippen molar-refractivity contribution in [3.8, 4) is 5.88 Å². The molecule has 1 aromatic heterocycles. The van der Waals surface area contributed by atoms with Gasteiger partial charge in [0.2, 0.25) is 0 Å². The number of rotatable bonds is 8. The molecule has 5 heteroatoms. The Hall–Kier alpha value is -1.20. The van der Waals surface area contributed by atoms with E-state index in [4.69, 9.17) is 9.47 Å². The number of pyridine rings is 1. The van der Waals surface area contributed by atoms with E-state index in [2.05, 4.69) is 10.3 Å². The first-order chi connectivity index (χ1) is 9.52. The zero-order valence-electron chi connectivity index (χ0n) is 12.4. The van der Waals surface area contributed by atoms with E-state index in [0.29, 0.717) is 31.2 Å². The van der Waals surface area contributed by atoms with E-state index in [-0.39, 0.29) is 17.3 Å². The van der Waals surface area contributed by atoms with Crippen molar-refractivity contribution in [2.24, 2.45) is 0 Å². The van der Waals surface area contributed by atoms with Gasteiger partial charge in [-0.2, -0.15) is 0 Å². The molecule has 1 heterocycles. The summed E-state index contributed by atoms with van der Waals surface area (Å²) in [6.45, 7) is 4.84. The Labute approximate surface area is 119 Å². The predicted octanol–water partition coefficient (Wildman–Crippen LogP) is 2.67. The van der Waals surface area contributed by atoms with Gasteiger partial charge >= 0.3 is 0 Å². The zero-order chi connectivity index (χ0) is 14.6. The van der Waals surface area contributed by atoms with Crippen LogP contribution in [0.2, 0.25) is 0 Å². The number of halogens is 1. The highest BCUT2D eigenvalue weighted by Gasteiger charge is 2.21. The Balaban J connectivity index is 1.88. The van der Waals surface area contributed by atoms with Crippen LogP contribution in [0.4, 0.5) is 4.39 Å². The molecular weight excluding hydrogens is 259 g/mol. The van der Waals surface area contributed by atoms with Gasteiger partial charge in [0.15, 0.2) is 5.82 Å². The highest BCUT2D eigenvalue weighted by Crippen LogP contribution is 2.22. The molecule has 1 fully saturated rings. The molecule has 0 unspecified atom stereocenters. The van der Waals surface area contributed by atoms with Crippen LogP contribution in [-0.2, 0) is 11.3 Å². The molecule has 1 aliphatic rings. The van der Waals surface area contributed by atoms with Gasteiger partial charge in [-0.15, -0.1) is 0 Å². The molecular formula is C15H23FN2O2. The van der Waals surface area contributed by atoms with E-state index >= 15 is 0 Å². The summed E-state index contributed by atoms with van der Waals surface area (Å²) in [5, 5.41) is 3.29. The van der Waals surface area contributed by atoms with Crippen molar-refractivity contribution in [1.82, 2.24) is 10.3 Å². The van der Waals surface area contributed by atoms with E-state index < -0.39 is 0 Å². The Kier molecular flexibility index (Phi) is 4.94. The summed E-state index contributed by atoms with van der Waals surface area (Å²) < 4.78 is 24.9. The molecule has 1 aliphatic carbocycles.